The largest absolute Gasteiger partial charge is 0.309 e. The third-order valence-electron chi connectivity index (χ3n) is 4.24. The van der Waals surface area contributed by atoms with Crippen LogP contribution < -0.4 is 4.90 Å². The van der Waals surface area contributed by atoms with Gasteiger partial charge in [-0.25, -0.2) is 9.88 Å². The van der Waals surface area contributed by atoms with Gasteiger partial charge < -0.3 is 4.90 Å². The molecule has 0 fully saturated rings. The van der Waals surface area contributed by atoms with E-state index in [2.05, 4.69) is 14.9 Å². The van der Waals surface area contributed by atoms with Crippen molar-refractivity contribution in [1.29, 1.82) is 0 Å². The first-order valence-corrected chi connectivity index (χ1v) is 8.62. The van der Waals surface area contributed by atoms with Gasteiger partial charge in [0.2, 0.25) is 5.91 Å². The molecule has 0 saturated heterocycles. The monoisotopic (exact) mass is 350 g/mol. The lowest BCUT2D eigenvalue weighted by Crippen LogP contribution is -2.46. The van der Waals surface area contributed by atoms with E-state index in [4.69, 9.17) is 0 Å². The molecule has 1 aromatic heterocycles. The lowest BCUT2D eigenvalue weighted by atomic mass is 9.89. The molecule has 1 aliphatic rings. The zero-order valence-electron chi connectivity index (χ0n) is 15.0. The number of aliphatic imine (C=N–C) groups is 1. The predicted molar refractivity (Wildman–Crippen MR) is 102 cm³/mol. The molecule has 0 bridgehead atoms. The number of imide groups is 1. The lowest BCUT2D eigenvalue weighted by Gasteiger charge is -2.30. The second-order valence-electron chi connectivity index (χ2n) is 6.44. The number of hydrogen-bond acceptors (Lipinski definition) is 5. The summed E-state index contributed by atoms with van der Waals surface area (Å²) in [5.74, 6) is -0.904. The van der Waals surface area contributed by atoms with Gasteiger partial charge in [0.15, 0.2) is 0 Å². The lowest BCUT2D eigenvalue weighted by molar-refractivity contribution is -0.118. The fraction of sp³-hybridized carbons (Fsp3) is 0.300. The average molecular weight is 350 g/mol. The Kier molecular flexibility index (Phi) is 5.53. The summed E-state index contributed by atoms with van der Waals surface area (Å²) in [7, 11) is 4.03. The number of rotatable bonds is 6. The molecular formula is C20H22N4O2. The van der Waals surface area contributed by atoms with E-state index in [-0.39, 0.29) is 11.8 Å². The molecule has 2 heterocycles. The van der Waals surface area contributed by atoms with Crippen molar-refractivity contribution < 1.29 is 9.59 Å². The smallest absolute Gasteiger partial charge is 0.266 e. The number of fused-ring (bicyclic) bond motifs is 1. The van der Waals surface area contributed by atoms with E-state index < -0.39 is 5.92 Å². The Balaban J connectivity index is 1.90. The van der Waals surface area contributed by atoms with E-state index in [1.807, 2.05) is 26.2 Å². The van der Waals surface area contributed by atoms with Crippen LogP contribution in [0, 0.1) is 0 Å². The second-order valence-corrected chi connectivity index (χ2v) is 6.44. The first-order chi connectivity index (χ1) is 12.6. The number of carbonyl (C=O) groups is 2. The molecule has 6 nitrogen and oxygen atoms in total. The Hall–Kier alpha value is -2.86. The molecule has 1 atom stereocenters. The standard InChI is InChI=1S/C20H22N4O2/c1-23(2)13-7-11-21-14-17-15-8-3-4-9-16(15)19(25)24(20(17)26)18-10-5-6-12-22-18/h3-6,8-10,12,14,17H,7,11,13H2,1-2H3. The van der Waals surface area contributed by atoms with Crippen molar-refractivity contribution in [3.63, 3.8) is 0 Å². The number of anilines is 1. The van der Waals surface area contributed by atoms with E-state index in [0.29, 0.717) is 23.5 Å². The highest BCUT2D eigenvalue weighted by molar-refractivity contribution is 6.28. The van der Waals surface area contributed by atoms with Gasteiger partial charge in [0.25, 0.3) is 5.91 Å². The van der Waals surface area contributed by atoms with Crippen LogP contribution in [-0.4, -0.2) is 55.1 Å². The van der Waals surface area contributed by atoms with E-state index in [9.17, 15) is 9.59 Å². The summed E-state index contributed by atoms with van der Waals surface area (Å²) < 4.78 is 0. The summed E-state index contributed by atoms with van der Waals surface area (Å²) in [6.07, 6.45) is 4.15. The van der Waals surface area contributed by atoms with Crippen molar-refractivity contribution in [3.05, 3.63) is 59.8 Å². The third kappa shape index (κ3) is 3.70. The molecule has 2 amide bonds. The van der Waals surface area contributed by atoms with Crippen LogP contribution in [0.1, 0.15) is 28.3 Å². The van der Waals surface area contributed by atoms with Crippen molar-refractivity contribution >= 4 is 23.8 Å². The summed E-state index contributed by atoms with van der Waals surface area (Å²) in [4.78, 5) is 37.7. The van der Waals surface area contributed by atoms with Crippen molar-refractivity contribution in [2.75, 3.05) is 32.1 Å². The van der Waals surface area contributed by atoms with Crippen molar-refractivity contribution in [1.82, 2.24) is 9.88 Å². The molecule has 1 aliphatic heterocycles. The highest BCUT2D eigenvalue weighted by atomic mass is 16.2. The number of benzene rings is 1. The SMILES string of the molecule is CN(C)CCCN=CC1C(=O)N(c2ccccn2)C(=O)c2ccccc21. The minimum Gasteiger partial charge on any atom is -0.309 e. The molecule has 6 heteroatoms. The number of hydrogen-bond donors (Lipinski definition) is 0. The Morgan fingerprint density at radius 1 is 1.15 bits per heavy atom. The maximum absolute atomic E-state index is 13.0. The summed E-state index contributed by atoms with van der Waals surface area (Å²) >= 11 is 0. The number of amides is 2. The van der Waals surface area contributed by atoms with Crippen LogP contribution in [0.2, 0.25) is 0 Å². The summed E-state index contributed by atoms with van der Waals surface area (Å²) in [6, 6.07) is 12.4. The van der Waals surface area contributed by atoms with Gasteiger partial charge in [-0.3, -0.25) is 14.6 Å². The Labute approximate surface area is 153 Å². The van der Waals surface area contributed by atoms with Crippen LogP contribution in [0.15, 0.2) is 53.7 Å². The van der Waals surface area contributed by atoms with E-state index in [1.54, 1.807) is 42.7 Å². The van der Waals surface area contributed by atoms with Gasteiger partial charge in [-0.15, -0.1) is 0 Å². The van der Waals surface area contributed by atoms with Crippen LogP contribution in [0.4, 0.5) is 5.82 Å². The maximum atomic E-state index is 13.0. The van der Waals surface area contributed by atoms with Gasteiger partial charge in [-0.1, -0.05) is 24.3 Å². The zero-order chi connectivity index (χ0) is 18.5. The van der Waals surface area contributed by atoms with E-state index >= 15 is 0 Å². The zero-order valence-corrected chi connectivity index (χ0v) is 15.0. The van der Waals surface area contributed by atoms with Crippen LogP contribution in [0.25, 0.3) is 0 Å². The number of nitrogens with zero attached hydrogens (tertiary/aromatic N) is 4. The first kappa shape index (κ1) is 17.9. The molecule has 0 saturated carbocycles. The van der Waals surface area contributed by atoms with Gasteiger partial charge in [0, 0.05) is 24.5 Å². The normalized spacial score (nSPS) is 17.2. The topological polar surface area (TPSA) is 65.9 Å². The minimum atomic E-state index is -0.578. The molecule has 26 heavy (non-hydrogen) atoms. The fourth-order valence-corrected chi connectivity index (χ4v) is 2.96. The van der Waals surface area contributed by atoms with Gasteiger partial charge in [-0.05, 0) is 50.8 Å². The molecule has 1 aromatic carbocycles. The van der Waals surface area contributed by atoms with E-state index in [1.165, 1.54) is 0 Å². The van der Waals surface area contributed by atoms with Crippen molar-refractivity contribution in [2.24, 2.45) is 4.99 Å². The third-order valence-corrected chi connectivity index (χ3v) is 4.24. The van der Waals surface area contributed by atoms with Crippen molar-refractivity contribution in [2.45, 2.75) is 12.3 Å². The predicted octanol–water partition coefficient (Wildman–Crippen LogP) is 2.37. The molecule has 0 radical (unpaired) electrons. The maximum Gasteiger partial charge on any atom is 0.266 e. The molecule has 0 N–H and O–H groups in total. The molecular weight excluding hydrogens is 328 g/mol. The molecule has 0 spiro atoms. The molecule has 2 aromatic rings. The highest BCUT2D eigenvalue weighted by Gasteiger charge is 2.39. The second kappa shape index (κ2) is 8.01. The van der Waals surface area contributed by atoms with Crippen LogP contribution in [0.5, 0.6) is 0 Å². The molecule has 1 unspecified atom stereocenters. The van der Waals surface area contributed by atoms with E-state index in [0.717, 1.165) is 17.9 Å². The minimum absolute atomic E-state index is 0.316. The Morgan fingerprint density at radius 3 is 2.65 bits per heavy atom. The Bertz CT molecular complexity index is 818. The fourth-order valence-electron chi connectivity index (χ4n) is 2.96. The first-order valence-electron chi connectivity index (χ1n) is 8.62. The van der Waals surface area contributed by atoms with Gasteiger partial charge >= 0.3 is 0 Å². The van der Waals surface area contributed by atoms with Crippen LogP contribution >= 0.6 is 0 Å². The number of carbonyl (C=O) groups excluding carboxylic acids is 2. The Morgan fingerprint density at radius 2 is 1.92 bits per heavy atom. The molecule has 0 aliphatic carbocycles. The number of aromatic nitrogens is 1. The average Bonchev–Trinajstić information content (AvgIpc) is 2.64. The van der Waals surface area contributed by atoms with Gasteiger partial charge in [-0.2, -0.15) is 0 Å². The summed E-state index contributed by atoms with van der Waals surface area (Å²) in [6.45, 7) is 1.58. The highest BCUT2D eigenvalue weighted by Crippen LogP contribution is 2.30. The van der Waals surface area contributed by atoms with Crippen molar-refractivity contribution in [3.8, 4) is 0 Å². The molecule has 134 valence electrons. The molecule has 3 rings (SSSR count). The van der Waals surface area contributed by atoms with Crippen LogP contribution in [0.3, 0.4) is 0 Å². The summed E-state index contributed by atoms with van der Waals surface area (Å²) in [5.41, 5.74) is 1.22. The van der Waals surface area contributed by atoms with Crippen LogP contribution in [-0.2, 0) is 4.79 Å². The number of pyridine rings is 1. The van der Waals surface area contributed by atoms with Gasteiger partial charge in [0.1, 0.15) is 5.82 Å². The quantitative estimate of drug-likeness (QED) is 0.456. The van der Waals surface area contributed by atoms with Gasteiger partial charge in [0.05, 0.1) is 5.92 Å². The summed E-state index contributed by atoms with van der Waals surface area (Å²) in [5, 5.41) is 0.